The summed E-state index contributed by atoms with van der Waals surface area (Å²) in [6.45, 7) is 6.49. The number of ether oxygens (including phenoxy) is 1. The predicted molar refractivity (Wildman–Crippen MR) is 66.1 cm³/mol. The molecule has 1 fully saturated rings. The number of likely N-dealkylation sites (tertiary alicyclic amines) is 1. The van der Waals surface area contributed by atoms with Gasteiger partial charge in [-0.3, -0.25) is 4.79 Å². The lowest BCUT2D eigenvalue weighted by atomic mass is 9.97. The minimum absolute atomic E-state index is 0.0358. The number of amides is 1. The molecule has 0 aliphatic carbocycles. The van der Waals surface area contributed by atoms with E-state index in [0.29, 0.717) is 13.1 Å². The standard InChI is InChI=1S/C12H22N2O4/c1-12(2,3)18-11(17)14-5-4-8(7-14)9(13)6-10(15)16/h8-9H,4-7,13H2,1-3H3,(H,15,16). The minimum Gasteiger partial charge on any atom is -0.481 e. The highest BCUT2D eigenvalue weighted by Gasteiger charge is 2.33. The van der Waals surface area contributed by atoms with Crippen molar-refractivity contribution in [2.75, 3.05) is 13.1 Å². The van der Waals surface area contributed by atoms with Gasteiger partial charge in [0, 0.05) is 19.1 Å². The predicted octanol–water partition coefficient (Wildman–Crippen LogP) is 1.05. The SMILES string of the molecule is CC(C)(C)OC(=O)N1CCC(C(N)CC(=O)O)C1. The van der Waals surface area contributed by atoms with Crippen LogP contribution >= 0.6 is 0 Å². The number of carbonyl (C=O) groups is 2. The number of carboxylic acid groups (broad SMARTS) is 1. The highest BCUT2D eigenvalue weighted by molar-refractivity contribution is 5.69. The van der Waals surface area contributed by atoms with Gasteiger partial charge in [-0.2, -0.15) is 0 Å². The van der Waals surface area contributed by atoms with E-state index in [-0.39, 0.29) is 18.4 Å². The third-order valence-corrected chi connectivity index (χ3v) is 2.89. The molecule has 1 aliphatic rings. The first-order chi connectivity index (χ1) is 8.19. The summed E-state index contributed by atoms with van der Waals surface area (Å²) in [6.07, 6.45) is 0.313. The first-order valence-electron chi connectivity index (χ1n) is 6.14. The Morgan fingerprint density at radius 2 is 2.11 bits per heavy atom. The topological polar surface area (TPSA) is 92.9 Å². The van der Waals surface area contributed by atoms with Crippen molar-refractivity contribution in [3.05, 3.63) is 0 Å². The van der Waals surface area contributed by atoms with E-state index in [2.05, 4.69) is 0 Å². The Hall–Kier alpha value is -1.30. The van der Waals surface area contributed by atoms with E-state index in [1.165, 1.54) is 0 Å². The fourth-order valence-electron chi connectivity index (χ4n) is 2.00. The number of carbonyl (C=O) groups excluding carboxylic acids is 1. The Morgan fingerprint density at radius 3 is 2.61 bits per heavy atom. The molecule has 2 atom stereocenters. The smallest absolute Gasteiger partial charge is 0.410 e. The molecule has 3 N–H and O–H groups in total. The molecule has 0 bridgehead atoms. The van der Waals surface area contributed by atoms with Crippen LogP contribution in [0.3, 0.4) is 0 Å². The molecule has 6 nitrogen and oxygen atoms in total. The van der Waals surface area contributed by atoms with Gasteiger partial charge in [-0.15, -0.1) is 0 Å². The maximum atomic E-state index is 11.8. The molecular formula is C12H22N2O4. The number of hydrogen-bond acceptors (Lipinski definition) is 4. The fraction of sp³-hybridized carbons (Fsp3) is 0.833. The molecule has 1 amide bonds. The monoisotopic (exact) mass is 258 g/mol. The molecule has 1 saturated heterocycles. The van der Waals surface area contributed by atoms with Gasteiger partial charge in [-0.1, -0.05) is 0 Å². The molecule has 0 saturated carbocycles. The first kappa shape index (κ1) is 14.8. The highest BCUT2D eigenvalue weighted by atomic mass is 16.6. The summed E-state index contributed by atoms with van der Waals surface area (Å²) in [5, 5.41) is 8.69. The van der Waals surface area contributed by atoms with Crippen LogP contribution in [0.4, 0.5) is 4.79 Å². The van der Waals surface area contributed by atoms with Crippen molar-refractivity contribution >= 4 is 12.1 Å². The molecule has 0 aromatic heterocycles. The molecular weight excluding hydrogens is 236 g/mol. The zero-order valence-corrected chi connectivity index (χ0v) is 11.2. The van der Waals surface area contributed by atoms with Crippen LogP contribution in [0.2, 0.25) is 0 Å². The fourth-order valence-corrected chi connectivity index (χ4v) is 2.00. The molecule has 0 aromatic carbocycles. The zero-order valence-electron chi connectivity index (χ0n) is 11.2. The molecule has 0 spiro atoms. The third-order valence-electron chi connectivity index (χ3n) is 2.89. The lowest BCUT2D eigenvalue weighted by Gasteiger charge is -2.25. The van der Waals surface area contributed by atoms with Crippen molar-refractivity contribution in [1.29, 1.82) is 0 Å². The Balaban J connectivity index is 2.46. The van der Waals surface area contributed by atoms with Gasteiger partial charge in [0.15, 0.2) is 0 Å². The number of aliphatic carboxylic acids is 1. The Bertz CT molecular complexity index is 325. The van der Waals surface area contributed by atoms with Gasteiger partial charge in [0.25, 0.3) is 0 Å². The summed E-state index contributed by atoms with van der Waals surface area (Å²) < 4.78 is 5.26. The number of nitrogens with two attached hydrogens (primary N) is 1. The van der Waals surface area contributed by atoms with E-state index in [9.17, 15) is 9.59 Å². The lowest BCUT2D eigenvalue weighted by Crippen LogP contribution is -2.38. The second kappa shape index (κ2) is 5.56. The van der Waals surface area contributed by atoms with Crippen LogP contribution in [0.15, 0.2) is 0 Å². The van der Waals surface area contributed by atoms with E-state index < -0.39 is 17.6 Å². The molecule has 1 heterocycles. The summed E-state index contributed by atoms with van der Waals surface area (Å²) >= 11 is 0. The quantitative estimate of drug-likeness (QED) is 0.789. The number of carboxylic acids is 1. The van der Waals surface area contributed by atoms with Crippen LogP contribution in [0.25, 0.3) is 0 Å². The van der Waals surface area contributed by atoms with Crippen molar-refractivity contribution < 1.29 is 19.4 Å². The minimum atomic E-state index is -0.904. The van der Waals surface area contributed by atoms with Gasteiger partial charge in [-0.25, -0.2) is 4.79 Å². The maximum Gasteiger partial charge on any atom is 0.410 e. The van der Waals surface area contributed by atoms with Crippen molar-refractivity contribution in [2.45, 2.75) is 45.3 Å². The van der Waals surface area contributed by atoms with Crippen molar-refractivity contribution in [3.63, 3.8) is 0 Å². The second-order valence-electron chi connectivity index (χ2n) is 5.74. The van der Waals surface area contributed by atoms with Gasteiger partial charge in [0.2, 0.25) is 0 Å². The molecule has 1 aliphatic heterocycles. The Kier molecular flexibility index (Phi) is 4.56. The van der Waals surface area contributed by atoms with Crippen molar-refractivity contribution in [2.24, 2.45) is 11.7 Å². The average Bonchev–Trinajstić information content (AvgIpc) is 2.61. The van der Waals surface area contributed by atoms with Crippen molar-refractivity contribution in [3.8, 4) is 0 Å². The van der Waals surface area contributed by atoms with Gasteiger partial charge < -0.3 is 20.5 Å². The van der Waals surface area contributed by atoms with Crippen LogP contribution in [-0.2, 0) is 9.53 Å². The summed E-state index contributed by atoms with van der Waals surface area (Å²) in [7, 11) is 0. The van der Waals surface area contributed by atoms with Crippen LogP contribution in [0.5, 0.6) is 0 Å². The molecule has 1 rings (SSSR count). The first-order valence-corrected chi connectivity index (χ1v) is 6.14. The Labute approximate surface area is 107 Å². The van der Waals surface area contributed by atoms with E-state index >= 15 is 0 Å². The number of nitrogens with zero attached hydrogens (tertiary/aromatic N) is 1. The van der Waals surface area contributed by atoms with Crippen molar-refractivity contribution in [1.82, 2.24) is 4.90 Å². The summed E-state index contributed by atoms with van der Waals surface area (Å²) in [6, 6.07) is -0.407. The molecule has 2 unspecified atom stereocenters. The summed E-state index contributed by atoms with van der Waals surface area (Å²) in [5.74, 6) is -0.869. The summed E-state index contributed by atoms with van der Waals surface area (Å²) in [4.78, 5) is 24.0. The molecule has 18 heavy (non-hydrogen) atoms. The maximum absolute atomic E-state index is 11.8. The largest absolute Gasteiger partial charge is 0.481 e. The normalized spacial score (nSPS) is 21.8. The Morgan fingerprint density at radius 1 is 1.50 bits per heavy atom. The van der Waals surface area contributed by atoms with Gasteiger partial charge in [-0.05, 0) is 33.1 Å². The number of rotatable bonds is 3. The molecule has 6 heteroatoms. The van der Waals surface area contributed by atoms with Crippen LogP contribution in [-0.4, -0.2) is 46.8 Å². The van der Waals surface area contributed by atoms with E-state index in [1.54, 1.807) is 4.90 Å². The molecule has 104 valence electrons. The van der Waals surface area contributed by atoms with Gasteiger partial charge in [0.05, 0.1) is 6.42 Å². The van der Waals surface area contributed by atoms with E-state index in [1.807, 2.05) is 20.8 Å². The number of hydrogen-bond donors (Lipinski definition) is 2. The van der Waals surface area contributed by atoms with Crippen LogP contribution in [0, 0.1) is 5.92 Å². The van der Waals surface area contributed by atoms with E-state index in [0.717, 1.165) is 6.42 Å². The molecule has 0 radical (unpaired) electrons. The van der Waals surface area contributed by atoms with Crippen LogP contribution in [0.1, 0.15) is 33.6 Å². The van der Waals surface area contributed by atoms with Gasteiger partial charge >= 0.3 is 12.1 Å². The van der Waals surface area contributed by atoms with E-state index in [4.69, 9.17) is 15.6 Å². The van der Waals surface area contributed by atoms with Gasteiger partial charge in [0.1, 0.15) is 5.60 Å². The highest BCUT2D eigenvalue weighted by Crippen LogP contribution is 2.22. The summed E-state index contributed by atoms with van der Waals surface area (Å²) in [5.41, 5.74) is 5.29. The zero-order chi connectivity index (χ0) is 13.9. The second-order valence-corrected chi connectivity index (χ2v) is 5.74. The third kappa shape index (κ3) is 4.52. The van der Waals surface area contributed by atoms with Crippen LogP contribution < -0.4 is 5.73 Å². The average molecular weight is 258 g/mol. The molecule has 0 aromatic rings. The lowest BCUT2D eigenvalue weighted by molar-refractivity contribution is -0.137.